The lowest BCUT2D eigenvalue weighted by atomic mass is 10.1. The molecule has 0 radical (unpaired) electrons. The highest BCUT2D eigenvalue weighted by atomic mass is 32.2. The zero-order valence-electron chi connectivity index (χ0n) is 16.8. The van der Waals surface area contributed by atoms with Gasteiger partial charge in [0.15, 0.2) is 16.6 Å². The summed E-state index contributed by atoms with van der Waals surface area (Å²) in [5, 5.41) is 3.17. The molecule has 0 aliphatic carbocycles. The Labute approximate surface area is 177 Å². The second-order valence-corrected chi connectivity index (χ2v) is 8.29. The van der Waals surface area contributed by atoms with E-state index in [1.807, 2.05) is 39.0 Å². The molecular weight excluding hydrogens is 410 g/mol. The van der Waals surface area contributed by atoms with Crippen LogP contribution in [0.15, 0.2) is 47.4 Å². The Bertz CT molecular complexity index is 916. The number of thiocarbonyl (C=S) groups is 1. The molecule has 0 heterocycles. The molecule has 0 unspecified atom stereocenters. The minimum atomic E-state index is -3.69. The summed E-state index contributed by atoms with van der Waals surface area (Å²) >= 11 is 5.14. The van der Waals surface area contributed by atoms with Crippen LogP contribution in [-0.2, 0) is 16.4 Å². The Morgan fingerprint density at radius 1 is 1.00 bits per heavy atom. The molecule has 0 saturated carbocycles. The second-order valence-electron chi connectivity index (χ2n) is 6.20. The lowest BCUT2D eigenvalue weighted by Crippen LogP contribution is -2.47. The normalized spacial score (nSPS) is 11.0. The molecule has 0 amide bonds. The van der Waals surface area contributed by atoms with E-state index in [0.717, 1.165) is 11.1 Å². The summed E-state index contributed by atoms with van der Waals surface area (Å²) in [6, 6.07) is 12.3. The van der Waals surface area contributed by atoms with Crippen molar-refractivity contribution in [2.75, 3.05) is 19.8 Å². The maximum Gasteiger partial charge on any atom is 0.257 e. The van der Waals surface area contributed by atoms with Crippen LogP contribution < -0.4 is 25.0 Å². The fourth-order valence-corrected chi connectivity index (χ4v) is 3.57. The summed E-state index contributed by atoms with van der Waals surface area (Å²) in [6.45, 7) is 7.39. The largest absolute Gasteiger partial charge is 0.490 e. The van der Waals surface area contributed by atoms with Gasteiger partial charge < -0.3 is 14.8 Å². The second kappa shape index (κ2) is 11.0. The molecule has 2 aromatic carbocycles. The summed E-state index contributed by atoms with van der Waals surface area (Å²) in [4.78, 5) is 2.44. The van der Waals surface area contributed by atoms with Crippen molar-refractivity contribution in [3.05, 3.63) is 53.6 Å². The molecule has 0 spiro atoms. The molecule has 0 aliphatic heterocycles. The fourth-order valence-electron chi connectivity index (χ4n) is 2.51. The third kappa shape index (κ3) is 7.19. The van der Waals surface area contributed by atoms with E-state index in [1.54, 1.807) is 12.1 Å². The van der Waals surface area contributed by atoms with Crippen molar-refractivity contribution in [1.29, 1.82) is 0 Å². The van der Waals surface area contributed by atoms with E-state index < -0.39 is 10.0 Å². The molecular formula is C20H27N3O4S2. The van der Waals surface area contributed by atoms with E-state index in [1.165, 1.54) is 12.1 Å². The van der Waals surface area contributed by atoms with E-state index in [0.29, 0.717) is 37.7 Å². The van der Waals surface area contributed by atoms with Gasteiger partial charge in [-0.2, -0.15) is 0 Å². The third-order valence-corrected chi connectivity index (χ3v) is 5.45. The predicted octanol–water partition coefficient (Wildman–Crippen LogP) is 2.69. The molecule has 158 valence electrons. The summed E-state index contributed by atoms with van der Waals surface area (Å²) in [7, 11) is -3.69. The van der Waals surface area contributed by atoms with Gasteiger partial charge in [0.05, 0.1) is 18.1 Å². The number of rotatable bonds is 10. The van der Waals surface area contributed by atoms with E-state index in [4.69, 9.17) is 21.7 Å². The van der Waals surface area contributed by atoms with Gasteiger partial charge in [0, 0.05) is 6.54 Å². The first-order chi connectivity index (χ1) is 13.9. The maximum absolute atomic E-state index is 12.2. The highest BCUT2D eigenvalue weighted by molar-refractivity contribution is 7.89. The number of nitrogens with one attached hydrogen (secondary N) is 3. The number of ether oxygens (including phenoxy) is 2. The molecule has 2 rings (SSSR count). The topological polar surface area (TPSA) is 88.7 Å². The van der Waals surface area contributed by atoms with Crippen molar-refractivity contribution in [2.24, 2.45) is 0 Å². The van der Waals surface area contributed by atoms with E-state index in [2.05, 4.69) is 15.6 Å². The van der Waals surface area contributed by atoms with Gasteiger partial charge in [-0.15, -0.1) is 4.83 Å². The van der Waals surface area contributed by atoms with Crippen molar-refractivity contribution in [3.8, 4) is 11.5 Å². The third-order valence-electron chi connectivity index (χ3n) is 3.94. The molecule has 0 aliphatic rings. The van der Waals surface area contributed by atoms with Crippen molar-refractivity contribution < 1.29 is 17.9 Å². The summed E-state index contributed by atoms with van der Waals surface area (Å²) in [5.74, 6) is 1.42. The Balaban J connectivity index is 1.83. The van der Waals surface area contributed by atoms with Crippen LogP contribution in [0.25, 0.3) is 0 Å². The number of hydrogen-bond donors (Lipinski definition) is 3. The van der Waals surface area contributed by atoms with Gasteiger partial charge in [-0.1, -0.05) is 23.8 Å². The van der Waals surface area contributed by atoms with Crippen LogP contribution in [-0.4, -0.2) is 33.3 Å². The van der Waals surface area contributed by atoms with Gasteiger partial charge in [0.2, 0.25) is 0 Å². The summed E-state index contributed by atoms with van der Waals surface area (Å²) < 4.78 is 35.7. The summed E-state index contributed by atoms with van der Waals surface area (Å²) in [5.41, 5.74) is 4.55. The van der Waals surface area contributed by atoms with Gasteiger partial charge in [-0.25, -0.2) is 8.42 Å². The van der Waals surface area contributed by atoms with Crippen LogP contribution in [0.2, 0.25) is 0 Å². The first-order valence-corrected chi connectivity index (χ1v) is 11.3. The number of aryl methyl sites for hydroxylation is 1. The average Bonchev–Trinajstić information content (AvgIpc) is 2.69. The Hall–Kier alpha value is -2.36. The number of hydrogen-bond acceptors (Lipinski definition) is 5. The van der Waals surface area contributed by atoms with Crippen LogP contribution >= 0.6 is 12.2 Å². The Kier molecular flexibility index (Phi) is 8.69. The van der Waals surface area contributed by atoms with Crippen LogP contribution in [0.3, 0.4) is 0 Å². The molecule has 0 saturated heterocycles. The molecule has 0 fully saturated rings. The van der Waals surface area contributed by atoms with Gasteiger partial charge in [0.1, 0.15) is 0 Å². The number of sulfonamides is 1. The molecule has 29 heavy (non-hydrogen) atoms. The lowest BCUT2D eigenvalue weighted by molar-refractivity contribution is 0.287. The number of benzene rings is 2. The van der Waals surface area contributed by atoms with Crippen molar-refractivity contribution in [2.45, 2.75) is 32.1 Å². The molecule has 9 heteroatoms. The van der Waals surface area contributed by atoms with Crippen LogP contribution in [0, 0.1) is 6.92 Å². The monoisotopic (exact) mass is 437 g/mol. The van der Waals surface area contributed by atoms with E-state index in [-0.39, 0.29) is 10.0 Å². The average molecular weight is 438 g/mol. The van der Waals surface area contributed by atoms with Crippen molar-refractivity contribution in [1.82, 2.24) is 15.6 Å². The van der Waals surface area contributed by atoms with E-state index >= 15 is 0 Å². The van der Waals surface area contributed by atoms with Gasteiger partial charge in [0.25, 0.3) is 10.0 Å². The molecule has 7 nitrogen and oxygen atoms in total. The number of hydrazine groups is 1. The van der Waals surface area contributed by atoms with Gasteiger partial charge in [-0.3, -0.25) is 5.43 Å². The first-order valence-electron chi connectivity index (χ1n) is 9.36. The zero-order valence-corrected chi connectivity index (χ0v) is 18.5. The molecule has 0 bridgehead atoms. The van der Waals surface area contributed by atoms with Gasteiger partial charge in [-0.05, 0) is 69.2 Å². The van der Waals surface area contributed by atoms with Crippen LogP contribution in [0.5, 0.6) is 11.5 Å². The highest BCUT2D eigenvalue weighted by Crippen LogP contribution is 2.28. The van der Waals surface area contributed by atoms with Crippen molar-refractivity contribution >= 4 is 27.4 Å². The molecule has 2 aromatic rings. The Morgan fingerprint density at radius 2 is 1.66 bits per heavy atom. The quantitative estimate of drug-likeness (QED) is 0.389. The lowest BCUT2D eigenvalue weighted by Gasteiger charge is -2.14. The fraction of sp³-hybridized carbons (Fsp3) is 0.350. The standard InChI is InChI=1S/C20H27N3O4S2/c1-4-26-18-11-8-16(14-19(18)27-5-2)12-13-21-20(28)22-23-29(24,25)17-9-6-15(3)7-10-17/h6-11,14,23H,4-5,12-13H2,1-3H3,(H2,21,22,28). The predicted molar refractivity (Wildman–Crippen MR) is 118 cm³/mol. The smallest absolute Gasteiger partial charge is 0.257 e. The summed E-state index contributed by atoms with van der Waals surface area (Å²) in [6.07, 6.45) is 0.680. The van der Waals surface area contributed by atoms with E-state index in [9.17, 15) is 8.42 Å². The first kappa shape index (κ1) is 22.9. The minimum Gasteiger partial charge on any atom is -0.490 e. The maximum atomic E-state index is 12.2. The highest BCUT2D eigenvalue weighted by Gasteiger charge is 2.13. The van der Waals surface area contributed by atoms with Gasteiger partial charge >= 0.3 is 0 Å². The molecule has 0 atom stereocenters. The molecule has 3 N–H and O–H groups in total. The Morgan fingerprint density at radius 3 is 2.31 bits per heavy atom. The SMILES string of the molecule is CCOc1ccc(CCNC(=S)NNS(=O)(=O)c2ccc(C)cc2)cc1OCC. The van der Waals surface area contributed by atoms with Crippen molar-refractivity contribution in [3.63, 3.8) is 0 Å². The minimum absolute atomic E-state index is 0.163. The van der Waals surface area contributed by atoms with Crippen LogP contribution in [0.1, 0.15) is 25.0 Å². The van der Waals surface area contributed by atoms with Crippen LogP contribution in [0.4, 0.5) is 0 Å². The molecule has 0 aromatic heterocycles. The zero-order chi connectivity index (χ0) is 21.3.